The van der Waals surface area contributed by atoms with E-state index in [2.05, 4.69) is 14.5 Å². The van der Waals surface area contributed by atoms with E-state index in [-0.39, 0.29) is 67.4 Å². The Morgan fingerprint density at radius 1 is 0.662 bits per heavy atom. The van der Waals surface area contributed by atoms with Gasteiger partial charge in [-0.1, -0.05) is 31.7 Å². The number of nitrogen functional groups attached to an aromatic ring is 2. The van der Waals surface area contributed by atoms with E-state index in [4.69, 9.17) is 26.0 Å². The Hall–Kier alpha value is -8.38. The van der Waals surface area contributed by atoms with Gasteiger partial charge in [0.15, 0.2) is 0 Å². The molecule has 0 bridgehead atoms. The molecule has 6 aromatic rings. The molecule has 0 aliphatic carbocycles. The Balaban J connectivity index is 0.000000252. The molecule has 3 heterocycles. The van der Waals surface area contributed by atoms with Gasteiger partial charge in [-0.2, -0.15) is 0 Å². The minimum absolute atomic E-state index is 0. The summed E-state index contributed by atoms with van der Waals surface area (Å²) in [7, 11) is 6.03. The van der Waals surface area contributed by atoms with E-state index in [1.165, 1.54) is 25.8 Å². The average Bonchev–Trinajstić information content (AvgIpc) is 3.73. The highest BCUT2D eigenvalue weighted by molar-refractivity contribution is 5.94. The Morgan fingerprint density at radius 2 is 1.08 bits per heavy atom. The van der Waals surface area contributed by atoms with Crippen LogP contribution < -0.4 is 52.9 Å². The molecule has 7 rings (SSSR count). The molecule has 0 atom stereocenters. The number of benzene rings is 4. The van der Waals surface area contributed by atoms with Gasteiger partial charge in [-0.3, -0.25) is 32.7 Å². The number of nitrogens with zero attached hydrogens (tertiary/aromatic N) is 5. The third-order valence-electron chi connectivity index (χ3n) is 10.1. The molecule has 0 spiro atoms. The fourth-order valence-corrected chi connectivity index (χ4v) is 6.67. The number of aromatic nitrogens is 4. The number of carboxylic acid groups (broad SMARTS) is 1. The molecular formula is C46H45F8N7O10. The van der Waals surface area contributed by atoms with E-state index in [0.29, 0.717) is 28.8 Å². The van der Waals surface area contributed by atoms with E-state index in [1.807, 2.05) is 0 Å². The maximum Gasteiger partial charge on any atom is 0.573 e. The number of aliphatic carboxylic acids is 1. The first-order valence-electron chi connectivity index (χ1n) is 20.1. The van der Waals surface area contributed by atoms with Gasteiger partial charge >= 0.3 is 30.1 Å². The first-order chi connectivity index (χ1) is 32.8. The molecule has 0 saturated carbocycles. The second-order valence-corrected chi connectivity index (χ2v) is 15.0. The summed E-state index contributed by atoms with van der Waals surface area (Å²) in [4.78, 5) is 64.5. The van der Waals surface area contributed by atoms with Crippen LogP contribution in [0.3, 0.4) is 0 Å². The van der Waals surface area contributed by atoms with Gasteiger partial charge in [0.1, 0.15) is 52.0 Å². The predicted molar refractivity (Wildman–Crippen MR) is 244 cm³/mol. The largest absolute Gasteiger partial charge is 0.573 e. The second-order valence-electron chi connectivity index (χ2n) is 15.0. The molecule has 25 heteroatoms. The summed E-state index contributed by atoms with van der Waals surface area (Å²) >= 11 is 0. The number of ether oxygens (including phenoxy) is 4. The van der Waals surface area contributed by atoms with Crippen molar-refractivity contribution in [2.75, 3.05) is 25.7 Å². The number of rotatable bonds is 12. The fourth-order valence-electron chi connectivity index (χ4n) is 6.67. The topological polar surface area (TPSA) is 227 Å². The summed E-state index contributed by atoms with van der Waals surface area (Å²) in [6, 6.07) is 18.8. The number of nitrogens with two attached hydrogens (primary N) is 2. The van der Waals surface area contributed by atoms with Gasteiger partial charge in [0.05, 0.1) is 39.3 Å². The zero-order valence-corrected chi connectivity index (χ0v) is 37.2. The van der Waals surface area contributed by atoms with Crippen LogP contribution in [-0.2, 0) is 51.2 Å². The van der Waals surface area contributed by atoms with Gasteiger partial charge in [0.2, 0.25) is 0 Å². The smallest absolute Gasteiger partial charge is 0.497 e. The summed E-state index contributed by atoms with van der Waals surface area (Å²) in [6.45, 7) is 0.156. The zero-order chi connectivity index (χ0) is 51.8. The first kappa shape index (κ1) is 55.2. The van der Waals surface area contributed by atoms with Crippen molar-refractivity contribution in [1.29, 1.82) is 0 Å². The molecule has 0 unspecified atom stereocenters. The molecule has 0 radical (unpaired) electrons. The van der Waals surface area contributed by atoms with Crippen LogP contribution in [0.5, 0.6) is 23.0 Å². The number of methoxy groups -OCH3 is 2. The van der Waals surface area contributed by atoms with Crippen LogP contribution in [0.4, 0.5) is 52.4 Å². The third kappa shape index (κ3) is 14.3. The number of aliphatic imine (C=N–C) groups is 1. The second kappa shape index (κ2) is 22.8. The van der Waals surface area contributed by atoms with Crippen LogP contribution in [0.15, 0.2) is 109 Å². The molecule has 71 heavy (non-hydrogen) atoms. The predicted octanol–water partition coefficient (Wildman–Crippen LogP) is 6.27. The molecular weight excluding hydrogens is 963 g/mol. The molecule has 1 aliphatic heterocycles. The van der Waals surface area contributed by atoms with E-state index >= 15 is 0 Å². The van der Waals surface area contributed by atoms with E-state index in [1.54, 1.807) is 55.6 Å². The lowest BCUT2D eigenvalue weighted by Gasteiger charge is -2.11. The van der Waals surface area contributed by atoms with Crippen molar-refractivity contribution in [2.45, 2.75) is 52.5 Å². The molecule has 2 aromatic heterocycles. The highest BCUT2D eigenvalue weighted by Crippen LogP contribution is 2.29. The number of carbonyl (C=O) groups is 1. The Kier molecular flexibility index (Phi) is 17.7. The number of hydrogen-bond acceptors (Lipinski definition) is 12. The number of anilines is 2. The fraction of sp³-hybridized carbons (Fsp3) is 0.261. The van der Waals surface area contributed by atoms with E-state index in [9.17, 15) is 59.1 Å². The maximum atomic E-state index is 14.2. The summed E-state index contributed by atoms with van der Waals surface area (Å²) < 4.78 is 122. The van der Waals surface area contributed by atoms with Gasteiger partial charge in [0, 0.05) is 38.2 Å². The monoisotopic (exact) mass is 1010 g/mol. The van der Waals surface area contributed by atoms with Crippen molar-refractivity contribution in [3.63, 3.8) is 0 Å². The molecule has 0 saturated heterocycles. The summed E-state index contributed by atoms with van der Waals surface area (Å²) in [6.07, 6.45) is -10.6. The first-order valence-corrected chi connectivity index (χ1v) is 20.1. The van der Waals surface area contributed by atoms with Crippen LogP contribution in [0.25, 0.3) is 0 Å². The lowest BCUT2D eigenvalue weighted by molar-refractivity contribution is -0.275. The van der Waals surface area contributed by atoms with Crippen molar-refractivity contribution in [1.82, 2.24) is 18.3 Å². The molecule has 380 valence electrons. The summed E-state index contributed by atoms with van der Waals surface area (Å²) in [5.41, 5.74) is 10.6. The van der Waals surface area contributed by atoms with E-state index in [0.717, 1.165) is 49.6 Å². The minimum Gasteiger partial charge on any atom is -0.497 e. The normalized spacial score (nSPS) is 11.7. The summed E-state index contributed by atoms with van der Waals surface area (Å²) in [5.74, 6) is -2.72. The van der Waals surface area contributed by atoms with Gasteiger partial charge < -0.3 is 35.5 Å². The standard InChI is InChI=1S/C23H19F4N3O4.C13H16N4O3.C9H6F4O3.CH4/c1-29-20-18(21(31)30(22(29)32)12-13-3-5-16(33-2)6-4-13)11-15(28-20)9-14-10-17(7-8-19(14)24)34-23(25,26)27;1-16-11(15)10(14)12(18)17(13(16)19)7-8-3-5-9(20-2)6-4-8;10-7-2-1-6(16-9(11,12)13)3-5(7)4-8(14)15;/h3-8,10H,9,11-12H2,1-2H3;3-6H,7,14-15H2,1-2H3;1-3H,4H2,(H,14,15);1H4. The van der Waals surface area contributed by atoms with Crippen LogP contribution >= 0.6 is 0 Å². The van der Waals surface area contributed by atoms with Crippen molar-refractivity contribution in [2.24, 2.45) is 19.1 Å². The summed E-state index contributed by atoms with van der Waals surface area (Å²) in [5, 5.41) is 8.39. The number of fused-ring (bicyclic) bond motifs is 1. The minimum atomic E-state index is -4.91. The highest BCUT2D eigenvalue weighted by atomic mass is 19.4. The van der Waals surface area contributed by atoms with Crippen LogP contribution in [-0.4, -0.2) is 62.0 Å². The highest BCUT2D eigenvalue weighted by Gasteiger charge is 2.33. The average molecular weight is 1010 g/mol. The van der Waals surface area contributed by atoms with Gasteiger partial charge in [0.25, 0.3) is 11.1 Å². The van der Waals surface area contributed by atoms with Gasteiger partial charge in [-0.05, 0) is 77.4 Å². The molecule has 4 aromatic carbocycles. The number of hydrogen-bond donors (Lipinski definition) is 3. The third-order valence-corrected chi connectivity index (χ3v) is 10.1. The Bertz CT molecular complexity index is 3130. The van der Waals surface area contributed by atoms with Crippen molar-refractivity contribution >= 4 is 29.0 Å². The lowest BCUT2D eigenvalue weighted by atomic mass is 10.0. The maximum absolute atomic E-state index is 14.2. The molecule has 17 nitrogen and oxygen atoms in total. The molecule has 5 N–H and O–H groups in total. The van der Waals surface area contributed by atoms with Crippen molar-refractivity contribution in [3.8, 4) is 23.0 Å². The molecule has 1 aliphatic rings. The molecule has 0 fully saturated rings. The van der Waals surface area contributed by atoms with Crippen LogP contribution in [0.2, 0.25) is 0 Å². The van der Waals surface area contributed by atoms with E-state index < -0.39 is 70.7 Å². The number of alkyl halides is 6. The lowest BCUT2D eigenvalue weighted by Crippen LogP contribution is -2.41. The SMILES string of the molecule is C.COc1ccc(Cn2c(=O)c(N)c(N)n(C)c2=O)cc1.COc1ccc(Cn2c(=O)c3c(n(C)c2=O)N=C(Cc2cc(OC(F)(F)F)ccc2F)C3)cc1.O=C(O)Cc1cc(OC(F)(F)F)ccc1F. The number of carboxylic acids is 1. The molecule has 0 amide bonds. The van der Waals surface area contributed by atoms with Crippen molar-refractivity contribution < 1.29 is 64.0 Å². The Labute approximate surface area is 397 Å². The quantitative estimate of drug-likeness (QED) is 0.115. The van der Waals surface area contributed by atoms with Crippen LogP contribution in [0, 0.1) is 11.6 Å². The Morgan fingerprint density at radius 3 is 1.54 bits per heavy atom. The van der Waals surface area contributed by atoms with Crippen molar-refractivity contribution in [3.05, 3.63) is 166 Å². The van der Waals surface area contributed by atoms with Crippen LogP contribution in [0.1, 0.15) is 35.2 Å². The van der Waals surface area contributed by atoms with Gasteiger partial charge in [-0.15, -0.1) is 26.3 Å². The number of halogens is 8. The zero-order valence-electron chi connectivity index (χ0n) is 37.2. The van der Waals surface area contributed by atoms with Gasteiger partial charge in [-0.25, -0.2) is 23.4 Å².